The highest BCUT2D eigenvalue weighted by molar-refractivity contribution is 6.31. The Morgan fingerprint density at radius 2 is 2.35 bits per heavy atom. The lowest BCUT2D eigenvalue weighted by Gasteiger charge is -2.10. The average molecular weight is 258 g/mol. The molecule has 6 nitrogen and oxygen atoms in total. The molecule has 0 atom stereocenters. The molecule has 0 aliphatic rings. The summed E-state index contributed by atoms with van der Waals surface area (Å²) in [6, 6.07) is 4.81. The third kappa shape index (κ3) is 3.84. The SMILES string of the molecule is COc1ccc(Cl)cc1NC(=O)C/C(N)=N\O. The van der Waals surface area contributed by atoms with Crippen molar-refractivity contribution in [2.75, 3.05) is 12.4 Å². The number of halogens is 1. The van der Waals surface area contributed by atoms with Crippen LogP contribution in [-0.2, 0) is 4.79 Å². The lowest BCUT2D eigenvalue weighted by molar-refractivity contribution is -0.115. The van der Waals surface area contributed by atoms with E-state index in [0.717, 1.165) is 0 Å². The van der Waals surface area contributed by atoms with Crippen LogP contribution in [0.15, 0.2) is 23.4 Å². The predicted octanol–water partition coefficient (Wildman–Crippen LogP) is 1.42. The Morgan fingerprint density at radius 1 is 1.65 bits per heavy atom. The fourth-order valence-electron chi connectivity index (χ4n) is 1.17. The first-order valence-corrected chi connectivity index (χ1v) is 5.04. The third-order valence-electron chi connectivity index (χ3n) is 1.91. The molecule has 0 saturated heterocycles. The van der Waals surface area contributed by atoms with Gasteiger partial charge in [0, 0.05) is 5.02 Å². The molecule has 4 N–H and O–H groups in total. The van der Waals surface area contributed by atoms with E-state index in [9.17, 15) is 4.79 Å². The van der Waals surface area contributed by atoms with E-state index in [0.29, 0.717) is 16.5 Å². The lowest BCUT2D eigenvalue weighted by atomic mass is 10.2. The Bertz CT molecular complexity index is 448. The number of carbonyl (C=O) groups is 1. The Labute approximate surface area is 103 Å². The number of nitrogens with one attached hydrogen (secondary N) is 1. The van der Waals surface area contributed by atoms with E-state index in [1.807, 2.05) is 0 Å². The maximum Gasteiger partial charge on any atom is 0.232 e. The van der Waals surface area contributed by atoms with E-state index in [4.69, 9.17) is 27.3 Å². The van der Waals surface area contributed by atoms with Gasteiger partial charge in [0.25, 0.3) is 0 Å². The zero-order valence-corrected chi connectivity index (χ0v) is 9.86. The highest BCUT2D eigenvalue weighted by Crippen LogP contribution is 2.27. The molecule has 0 unspecified atom stereocenters. The molecule has 0 aliphatic heterocycles. The molecular formula is C10H12ClN3O3. The highest BCUT2D eigenvalue weighted by Gasteiger charge is 2.09. The summed E-state index contributed by atoms with van der Waals surface area (Å²) in [6.07, 6.45) is -0.216. The first-order valence-electron chi connectivity index (χ1n) is 4.66. The number of nitrogens with zero attached hydrogens (tertiary/aromatic N) is 1. The van der Waals surface area contributed by atoms with Crippen LogP contribution in [0.1, 0.15) is 6.42 Å². The number of methoxy groups -OCH3 is 1. The van der Waals surface area contributed by atoms with Crippen LogP contribution in [0.25, 0.3) is 0 Å². The van der Waals surface area contributed by atoms with Crippen LogP contribution in [0.4, 0.5) is 5.69 Å². The molecule has 0 saturated carbocycles. The van der Waals surface area contributed by atoms with Gasteiger partial charge in [-0.3, -0.25) is 4.79 Å². The van der Waals surface area contributed by atoms with Gasteiger partial charge in [0.15, 0.2) is 0 Å². The first kappa shape index (κ1) is 13.1. The number of anilines is 1. The number of nitrogens with two attached hydrogens (primary N) is 1. The van der Waals surface area contributed by atoms with Crippen LogP contribution in [0.3, 0.4) is 0 Å². The maximum atomic E-state index is 11.5. The van der Waals surface area contributed by atoms with E-state index in [2.05, 4.69) is 10.5 Å². The summed E-state index contributed by atoms with van der Waals surface area (Å²) < 4.78 is 5.05. The second kappa shape index (κ2) is 5.95. The van der Waals surface area contributed by atoms with E-state index in [-0.39, 0.29) is 12.3 Å². The van der Waals surface area contributed by atoms with Gasteiger partial charge in [-0.15, -0.1) is 0 Å². The second-order valence-electron chi connectivity index (χ2n) is 3.16. The molecule has 1 aromatic rings. The molecule has 0 aliphatic carbocycles. The zero-order valence-electron chi connectivity index (χ0n) is 9.11. The van der Waals surface area contributed by atoms with Gasteiger partial charge in [-0.2, -0.15) is 0 Å². The minimum atomic E-state index is -0.430. The van der Waals surface area contributed by atoms with Gasteiger partial charge >= 0.3 is 0 Å². The van der Waals surface area contributed by atoms with E-state index in [1.54, 1.807) is 18.2 Å². The summed E-state index contributed by atoms with van der Waals surface area (Å²) in [7, 11) is 1.47. The Kier molecular flexibility index (Phi) is 4.59. The van der Waals surface area contributed by atoms with Crippen LogP contribution in [-0.4, -0.2) is 24.1 Å². The van der Waals surface area contributed by atoms with Crippen molar-refractivity contribution in [3.63, 3.8) is 0 Å². The fourth-order valence-corrected chi connectivity index (χ4v) is 1.34. The summed E-state index contributed by atoms with van der Waals surface area (Å²) in [6.45, 7) is 0. The molecule has 0 heterocycles. The number of hydrogen-bond acceptors (Lipinski definition) is 4. The van der Waals surface area contributed by atoms with Crippen molar-refractivity contribution in [1.82, 2.24) is 0 Å². The van der Waals surface area contributed by atoms with Gasteiger partial charge in [0.1, 0.15) is 11.6 Å². The van der Waals surface area contributed by atoms with Gasteiger partial charge in [-0.25, -0.2) is 0 Å². The number of benzene rings is 1. The van der Waals surface area contributed by atoms with Crippen LogP contribution < -0.4 is 15.8 Å². The molecule has 92 valence electrons. The Balaban J connectivity index is 2.80. The van der Waals surface area contributed by atoms with Gasteiger partial charge in [-0.1, -0.05) is 16.8 Å². The molecule has 0 fully saturated rings. The third-order valence-corrected chi connectivity index (χ3v) is 2.14. The molecule has 0 spiro atoms. The Hall–Kier alpha value is -1.95. The lowest BCUT2D eigenvalue weighted by Crippen LogP contribution is -2.22. The number of oxime groups is 1. The number of carbonyl (C=O) groups excluding carboxylic acids is 1. The maximum absolute atomic E-state index is 11.5. The summed E-state index contributed by atoms with van der Waals surface area (Å²) in [5.41, 5.74) is 5.64. The van der Waals surface area contributed by atoms with Crippen LogP contribution in [0.2, 0.25) is 5.02 Å². The van der Waals surface area contributed by atoms with Gasteiger partial charge in [0.2, 0.25) is 5.91 Å². The summed E-state index contributed by atoms with van der Waals surface area (Å²) in [4.78, 5) is 11.5. The minimum Gasteiger partial charge on any atom is -0.495 e. The van der Waals surface area contributed by atoms with Crippen LogP contribution >= 0.6 is 11.6 Å². The molecule has 0 bridgehead atoms. The predicted molar refractivity (Wildman–Crippen MR) is 64.7 cm³/mol. The number of amides is 1. The van der Waals surface area contributed by atoms with Crippen molar-refractivity contribution in [2.24, 2.45) is 10.9 Å². The monoisotopic (exact) mass is 257 g/mol. The number of rotatable bonds is 4. The van der Waals surface area contributed by atoms with Gasteiger partial charge in [0.05, 0.1) is 19.2 Å². The summed E-state index contributed by atoms with van der Waals surface area (Å²) >= 11 is 5.79. The quantitative estimate of drug-likeness (QED) is 0.329. The van der Waals surface area contributed by atoms with Crippen molar-refractivity contribution in [3.05, 3.63) is 23.2 Å². The first-order chi connectivity index (χ1) is 8.06. The minimum absolute atomic E-state index is 0.177. The molecule has 7 heteroatoms. The molecule has 17 heavy (non-hydrogen) atoms. The average Bonchev–Trinajstić information content (AvgIpc) is 2.29. The zero-order chi connectivity index (χ0) is 12.8. The van der Waals surface area contributed by atoms with Gasteiger partial charge < -0.3 is 21.0 Å². The number of ether oxygens (including phenoxy) is 1. The van der Waals surface area contributed by atoms with Crippen molar-refractivity contribution in [3.8, 4) is 5.75 Å². The van der Waals surface area contributed by atoms with E-state index >= 15 is 0 Å². The van der Waals surface area contributed by atoms with Crippen molar-refractivity contribution in [2.45, 2.75) is 6.42 Å². The fraction of sp³-hybridized carbons (Fsp3) is 0.200. The van der Waals surface area contributed by atoms with E-state index < -0.39 is 5.91 Å². The molecule has 0 radical (unpaired) electrons. The number of amidine groups is 1. The van der Waals surface area contributed by atoms with E-state index in [1.165, 1.54) is 7.11 Å². The van der Waals surface area contributed by atoms with Crippen molar-refractivity contribution >= 4 is 29.0 Å². The molecule has 1 rings (SSSR count). The van der Waals surface area contributed by atoms with Gasteiger partial charge in [-0.05, 0) is 18.2 Å². The molecule has 1 aromatic carbocycles. The van der Waals surface area contributed by atoms with Crippen molar-refractivity contribution < 1.29 is 14.7 Å². The summed E-state index contributed by atoms with van der Waals surface area (Å²) in [5.74, 6) is -0.133. The largest absolute Gasteiger partial charge is 0.495 e. The van der Waals surface area contributed by atoms with Crippen molar-refractivity contribution in [1.29, 1.82) is 0 Å². The standard InChI is InChI=1S/C10H12ClN3O3/c1-17-8-3-2-6(11)4-7(8)13-10(15)5-9(12)14-16/h2-4,16H,5H2,1H3,(H2,12,14)(H,13,15). The highest BCUT2D eigenvalue weighted by atomic mass is 35.5. The second-order valence-corrected chi connectivity index (χ2v) is 3.60. The Morgan fingerprint density at radius 3 is 2.94 bits per heavy atom. The summed E-state index contributed by atoms with van der Waals surface area (Å²) in [5, 5.41) is 14.0. The topological polar surface area (TPSA) is 96.9 Å². The molecule has 0 aromatic heterocycles. The molecular weight excluding hydrogens is 246 g/mol. The number of hydrogen-bond donors (Lipinski definition) is 3. The van der Waals surface area contributed by atoms with Crippen LogP contribution in [0, 0.1) is 0 Å². The molecule has 1 amide bonds. The normalized spacial score (nSPS) is 11.1. The van der Waals surface area contributed by atoms with Crippen LogP contribution in [0.5, 0.6) is 5.75 Å². The smallest absolute Gasteiger partial charge is 0.232 e.